The third-order valence-electron chi connectivity index (χ3n) is 5.16. The maximum absolute atomic E-state index is 13.5. The fraction of sp³-hybridized carbons (Fsp3) is 0.429. The second-order valence-electron chi connectivity index (χ2n) is 7.24. The molecule has 1 amide bonds. The summed E-state index contributed by atoms with van der Waals surface area (Å²) in [5, 5.41) is 7.55. The summed E-state index contributed by atoms with van der Waals surface area (Å²) in [7, 11) is 1.24. The van der Waals surface area contributed by atoms with Gasteiger partial charge in [0, 0.05) is 10.9 Å². The number of hydrogen-bond donors (Lipinski definition) is 2. The van der Waals surface area contributed by atoms with E-state index >= 15 is 0 Å². The third-order valence-corrected chi connectivity index (χ3v) is 6.03. The lowest BCUT2D eigenvalue weighted by molar-refractivity contribution is -0.184. The normalized spacial score (nSPS) is 19.2. The monoisotopic (exact) mass is 440 g/mol. The van der Waals surface area contributed by atoms with E-state index in [-0.39, 0.29) is 30.0 Å². The van der Waals surface area contributed by atoms with Gasteiger partial charge in [-0.3, -0.25) is 4.79 Å². The Kier molecular flexibility index (Phi) is 7.02. The van der Waals surface area contributed by atoms with E-state index in [0.29, 0.717) is 24.9 Å². The molecule has 0 radical (unpaired) electrons. The molecule has 0 aliphatic heterocycles. The molecule has 30 heavy (non-hydrogen) atoms. The van der Waals surface area contributed by atoms with Crippen LogP contribution in [0.25, 0.3) is 0 Å². The van der Waals surface area contributed by atoms with Gasteiger partial charge in [0.15, 0.2) is 0 Å². The topological polar surface area (TPSA) is 67.4 Å². The van der Waals surface area contributed by atoms with E-state index in [1.165, 1.54) is 36.6 Å². The molecular formula is C21H23F3N2O3S. The smallest absolute Gasteiger partial charge is 0.393 e. The van der Waals surface area contributed by atoms with Gasteiger partial charge in [-0.25, -0.2) is 4.79 Å². The summed E-state index contributed by atoms with van der Waals surface area (Å²) in [5.41, 5.74) is 0.805. The first-order valence-electron chi connectivity index (χ1n) is 9.66. The number of carbonyl (C=O) groups excluding carboxylic acids is 2. The van der Waals surface area contributed by atoms with Crippen LogP contribution in [0.5, 0.6) is 0 Å². The fourth-order valence-corrected chi connectivity index (χ4v) is 4.38. The molecule has 9 heteroatoms. The van der Waals surface area contributed by atoms with E-state index in [0.717, 1.165) is 4.88 Å². The molecule has 2 N–H and O–H groups in total. The third kappa shape index (κ3) is 5.53. The first kappa shape index (κ1) is 22.1. The number of ether oxygens (including phenoxy) is 1. The lowest BCUT2D eigenvalue weighted by Gasteiger charge is -2.34. The molecule has 2 atom stereocenters. The summed E-state index contributed by atoms with van der Waals surface area (Å²) >= 11 is 1.43. The number of methoxy groups -OCH3 is 1. The Morgan fingerprint density at radius 2 is 1.93 bits per heavy atom. The molecule has 0 spiro atoms. The maximum Gasteiger partial charge on any atom is 0.393 e. The average molecular weight is 440 g/mol. The van der Waals surface area contributed by atoms with Crippen molar-refractivity contribution in [1.82, 2.24) is 0 Å². The van der Waals surface area contributed by atoms with E-state index in [9.17, 15) is 22.8 Å². The number of nitrogens with one attached hydrogen (secondary N) is 2. The molecule has 1 aromatic heterocycles. The molecule has 2 aromatic rings. The standard InChI is InChI=1S/C21H23F3N2O3S/c1-29-20(28)13-8-9-17(25-16-7-3-2-6-15(16)21(22,23)24)18(11-13)26-19(27)12-14-5-4-10-30-14/h4-5,8-11,15-16,25H,2-3,6-7,12H2,1H3,(H,26,27). The minimum Gasteiger partial charge on any atom is -0.465 e. The fourth-order valence-electron chi connectivity index (χ4n) is 3.68. The van der Waals surface area contributed by atoms with Crippen LogP contribution in [0.3, 0.4) is 0 Å². The summed E-state index contributed by atoms with van der Waals surface area (Å²) in [6, 6.07) is 7.26. The number of hydrogen-bond acceptors (Lipinski definition) is 5. The second kappa shape index (κ2) is 9.51. The molecule has 1 aliphatic carbocycles. The highest BCUT2D eigenvalue weighted by molar-refractivity contribution is 7.10. The maximum atomic E-state index is 13.5. The lowest BCUT2D eigenvalue weighted by Crippen LogP contribution is -2.41. The van der Waals surface area contributed by atoms with E-state index in [1.54, 1.807) is 0 Å². The Labute approximate surface area is 176 Å². The summed E-state index contributed by atoms with van der Waals surface area (Å²) in [4.78, 5) is 25.2. The molecule has 1 aromatic carbocycles. The van der Waals surface area contributed by atoms with Crippen LogP contribution in [-0.4, -0.2) is 31.2 Å². The summed E-state index contributed by atoms with van der Waals surface area (Å²) in [5.74, 6) is -2.37. The van der Waals surface area contributed by atoms with Crippen molar-refractivity contribution in [2.45, 2.75) is 44.3 Å². The Morgan fingerprint density at radius 1 is 1.17 bits per heavy atom. The molecule has 3 rings (SSSR count). The van der Waals surface area contributed by atoms with Gasteiger partial charge in [0.25, 0.3) is 0 Å². The summed E-state index contributed by atoms with van der Waals surface area (Å²) in [6.45, 7) is 0. The molecule has 0 saturated heterocycles. The highest BCUT2D eigenvalue weighted by Crippen LogP contribution is 2.40. The van der Waals surface area contributed by atoms with Crippen molar-refractivity contribution < 1.29 is 27.5 Å². The van der Waals surface area contributed by atoms with Crippen molar-refractivity contribution in [3.8, 4) is 0 Å². The SMILES string of the molecule is COC(=O)c1ccc(NC2CCCCC2C(F)(F)F)c(NC(=O)Cc2cccs2)c1. The predicted octanol–water partition coefficient (Wildman–Crippen LogP) is 5.25. The van der Waals surface area contributed by atoms with Gasteiger partial charge in [0.05, 0.1) is 36.4 Å². The van der Waals surface area contributed by atoms with Gasteiger partial charge >= 0.3 is 12.1 Å². The van der Waals surface area contributed by atoms with E-state index in [1.807, 2.05) is 17.5 Å². The van der Waals surface area contributed by atoms with E-state index < -0.39 is 24.1 Å². The zero-order valence-electron chi connectivity index (χ0n) is 16.4. The van der Waals surface area contributed by atoms with Crippen LogP contribution in [0.4, 0.5) is 24.5 Å². The quantitative estimate of drug-likeness (QED) is 0.602. The molecular weight excluding hydrogens is 417 g/mol. The largest absolute Gasteiger partial charge is 0.465 e. The van der Waals surface area contributed by atoms with Crippen molar-refractivity contribution in [3.63, 3.8) is 0 Å². The average Bonchev–Trinajstić information content (AvgIpc) is 3.21. The molecule has 1 heterocycles. The number of esters is 1. The highest BCUT2D eigenvalue weighted by atomic mass is 32.1. The Balaban J connectivity index is 1.84. The van der Waals surface area contributed by atoms with Gasteiger partial charge in [-0.1, -0.05) is 18.9 Å². The minimum atomic E-state index is -4.30. The number of anilines is 2. The molecule has 0 bridgehead atoms. The summed E-state index contributed by atoms with van der Waals surface area (Å²) in [6.07, 6.45) is -2.48. The van der Waals surface area contributed by atoms with Crippen molar-refractivity contribution in [2.24, 2.45) is 5.92 Å². The predicted molar refractivity (Wildman–Crippen MR) is 110 cm³/mol. The first-order valence-corrected chi connectivity index (χ1v) is 10.5. The Morgan fingerprint density at radius 3 is 2.60 bits per heavy atom. The zero-order valence-corrected chi connectivity index (χ0v) is 17.2. The minimum absolute atomic E-state index is 0.0709. The number of benzene rings is 1. The van der Waals surface area contributed by atoms with Crippen LogP contribution in [0.15, 0.2) is 35.7 Å². The molecule has 1 fully saturated rings. The van der Waals surface area contributed by atoms with Crippen molar-refractivity contribution in [2.75, 3.05) is 17.7 Å². The lowest BCUT2D eigenvalue weighted by atomic mass is 9.84. The van der Waals surface area contributed by atoms with Gasteiger partial charge < -0.3 is 15.4 Å². The molecule has 5 nitrogen and oxygen atoms in total. The van der Waals surface area contributed by atoms with Gasteiger partial charge in [0.1, 0.15) is 0 Å². The first-order chi connectivity index (χ1) is 14.3. The van der Waals surface area contributed by atoms with Gasteiger partial charge in [-0.05, 0) is 42.5 Å². The molecule has 1 saturated carbocycles. The molecule has 1 aliphatic rings. The summed E-state index contributed by atoms with van der Waals surface area (Å²) < 4.78 is 45.1. The van der Waals surface area contributed by atoms with E-state index in [2.05, 4.69) is 10.6 Å². The number of halogens is 3. The number of carbonyl (C=O) groups is 2. The van der Waals surface area contributed by atoms with Crippen molar-refractivity contribution >= 4 is 34.6 Å². The molecule has 162 valence electrons. The van der Waals surface area contributed by atoms with Gasteiger partial charge in [-0.15, -0.1) is 11.3 Å². The number of alkyl halides is 3. The molecule has 2 unspecified atom stereocenters. The van der Waals surface area contributed by atoms with Crippen LogP contribution in [0.2, 0.25) is 0 Å². The zero-order chi connectivity index (χ0) is 21.7. The van der Waals surface area contributed by atoms with Crippen LogP contribution in [0.1, 0.15) is 40.9 Å². The van der Waals surface area contributed by atoms with Gasteiger partial charge in [0.2, 0.25) is 5.91 Å². The van der Waals surface area contributed by atoms with Crippen LogP contribution in [-0.2, 0) is 16.0 Å². The van der Waals surface area contributed by atoms with E-state index in [4.69, 9.17) is 4.74 Å². The van der Waals surface area contributed by atoms with Crippen LogP contribution < -0.4 is 10.6 Å². The van der Waals surface area contributed by atoms with Crippen LogP contribution >= 0.6 is 11.3 Å². The Hall–Kier alpha value is -2.55. The van der Waals surface area contributed by atoms with Crippen molar-refractivity contribution in [3.05, 3.63) is 46.2 Å². The van der Waals surface area contributed by atoms with Crippen LogP contribution in [0, 0.1) is 5.92 Å². The van der Waals surface area contributed by atoms with Gasteiger partial charge in [-0.2, -0.15) is 13.2 Å². The highest BCUT2D eigenvalue weighted by Gasteiger charge is 2.45. The number of rotatable bonds is 6. The van der Waals surface area contributed by atoms with Crippen molar-refractivity contribution in [1.29, 1.82) is 0 Å². The number of thiophene rings is 1. The second-order valence-corrected chi connectivity index (χ2v) is 8.27. The number of amides is 1. The Bertz CT molecular complexity index is 884.